The zero-order chi connectivity index (χ0) is 22.6. The van der Waals surface area contributed by atoms with Crippen LogP contribution in [0.5, 0.6) is 5.75 Å². The predicted molar refractivity (Wildman–Crippen MR) is 130 cm³/mol. The molecule has 0 aromatic heterocycles. The Morgan fingerprint density at radius 2 is 1.73 bits per heavy atom. The molecule has 0 spiro atoms. The Hall–Kier alpha value is -2.93. The number of amides is 1. The highest BCUT2D eigenvalue weighted by Crippen LogP contribution is 2.56. The fourth-order valence-corrected chi connectivity index (χ4v) is 7.71. The molecule has 1 atom stereocenters. The highest BCUT2D eigenvalue weighted by molar-refractivity contribution is 5.93. The third-order valence-electron chi connectivity index (χ3n) is 8.64. The predicted octanol–water partition coefficient (Wildman–Crippen LogP) is 5.18. The van der Waals surface area contributed by atoms with Crippen LogP contribution in [0.15, 0.2) is 42.5 Å². The second-order valence-electron chi connectivity index (χ2n) is 10.8. The van der Waals surface area contributed by atoms with Crippen LogP contribution in [0, 0.1) is 30.1 Å². The van der Waals surface area contributed by atoms with Gasteiger partial charge in [0.25, 0.3) is 5.91 Å². The lowest BCUT2D eigenvalue weighted by Crippen LogP contribution is -2.54. The van der Waals surface area contributed by atoms with Gasteiger partial charge in [-0.1, -0.05) is 18.2 Å². The van der Waals surface area contributed by atoms with Crippen molar-refractivity contribution in [1.29, 1.82) is 0 Å². The largest absolute Gasteiger partial charge is 0.497 e. The number of ether oxygens (including phenoxy) is 1. The van der Waals surface area contributed by atoms with Crippen molar-refractivity contribution in [3.05, 3.63) is 59.2 Å². The maximum atomic E-state index is 12.6. The summed E-state index contributed by atoms with van der Waals surface area (Å²) in [5, 5.41) is 3.97. The van der Waals surface area contributed by atoms with Gasteiger partial charge in [-0.2, -0.15) is 0 Å². The van der Waals surface area contributed by atoms with Gasteiger partial charge in [0.1, 0.15) is 5.75 Å². The maximum absolute atomic E-state index is 12.6. The van der Waals surface area contributed by atoms with Crippen LogP contribution in [-0.2, 0) is 11.2 Å². The number of carbonyl (C=O) groups is 1. The van der Waals surface area contributed by atoms with Gasteiger partial charge in [-0.25, -0.2) is 0 Å². The van der Waals surface area contributed by atoms with Gasteiger partial charge in [0.15, 0.2) is 0 Å². The molecule has 2 aromatic carbocycles. The topological polar surface area (TPSA) is 41.6 Å². The van der Waals surface area contributed by atoms with Gasteiger partial charge in [-0.15, -0.1) is 6.42 Å². The van der Waals surface area contributed by atoms with Gasteiger partial charge in [0.05, 0.1) is 13.2 Å². The molecule has 170 valence electrons. The van der Waals surface area contributed by atoms with Crippen molar-refractivity contribution < 1.29 is 9.53 Å². The van der Waals surface area contributed by atoms with Gasteiger partial charge >= 0.3 is 0 Å². The Morgan fingerprint density at radius 3 is 2.33 bits per heavy atom. The number of carbonyl (C=O) groups excluding carboxylic acids is 1. The molecule has 0 unspecified atom stereocenters. The average Bonchev–Trinajstić information content (AvgIpc) is 2.82. The van der Waals surface area contributed by atoms with E-state index in [1.807, 2.05) is 11.0 Å². The monoisotopic (exact) mass is 440 g/mol. The van der Waals surface area contributed by atoms with Crippen LogP contribution in [0.4, 0.5) is 5.69 Å². The van der Waals surface area contributed by atoms with E-state index in [2.05, 4.69) is 47.6 Å². The van der Waals surface area contributed by atoms with Crippen molar-refractivity contribution in [2.75, 3.05) is 19.0 Å². The number of nitrogens with one attached hydrogen (secondary N) is 1. The fraction of sp³-hybridized carbons (Fsp3) is 0.483. The zero-order valence-corrected chi connectivity index (χ0v) is 19.3. The van der Waals surface area contributed by atoms with E-state index in [-0.39, 0.29) is 17.5 Å². The molecule has 4 bridgehead atoms. The highest BCUT2D eigenvalue weighted by Gasteiger charge is 2.50. The van der Waals surface area contributed by atoms with Crippen molar-refractivity contribution in [2.24, 2.45) is 17.8 Å². The molecule has 2 aromatic rings. The first kappa shape index (κ1) is 20.7. The van der Waals surface area contributed by atoms with E-state index in [4.69, 9.17) is 11.2 Å². The fourth-order valence-electron chi connectivity index (χ4n) is 7.71. The number of hydrogen-bond acceptors (Lipinski definition) is 3. The summed E-state index contributed by atoms with van der Waals surface area (Å²) in [6, 6.07) is 14.7. The molecule has 7 rings (SSSR count). The summed E-state index contributed by atoms with van der Waals surface area (Å²) in [6.45, 7) is 0.612. The van der Waals surface area contributed by atoms with E-state index < -0.39 is 0 Å². The molecule has 4 nitrogen and oxygen atoms in total. The van der Waals surface area contributed by atoms with Crippen LogP contribution < -0.4 is 10.1 Å². The lowest BCUT2D eigenvalue weighted by Gasteiger charge is -2.57. The number of terminal acetylenes is 1. The van der Waals surface area contributed by atoms with Gasteiger partial charge < -0.3 is 15.0 Å². The molecular weight excluding hydrogens is 408 g/mol. The molecule has 33 heavy (non-hydrogen) atoms. The summed E-state index contributed by atoms with van der Waals surface area (Å²) in [5.41, 5.74) is 4.93. The molecular formula is C29H32N2O2. The lowest BCUT2D eigenvalue weighted by atomic mass is 9.53. The van der Waals surface area contributed by atoms with E-state index in [1.54, 1.807) is 7.11 Å². The maximum Gasteiger partial charge on any atom is 0.298 e. The number of methoxy groups -OCH3 is 1. The first-order chi connectivity index (χ1) is 16.1. The first-order valence-electron chi connectivity index (χ1n) is 12.4. The summed E-state index contributed by atoms with van der Waals surface area (Å²) in [7, 11) is 1.69. The molecule has 4 aliphatic carbocycles. The molecule has 4 saturated carbocycles. The van der Waals surface area contributed by atoms with E-state index in [0.717, 1.165) is 41.1 Å². The summed E-state index contributed by atoms with van der Waals surface area (Å²) in [6.07, 6.45) is 14.6. The van der Waals surface area contributed by atoms with Crippen LogP contribution in [0.25, 0.3) is 0 Å². The van der Waals surface area contributed by atoms with Gasteiger partial charge in [-0.05, 0) is 110 Å². The van der Waals surface area contributed by atoms with E-state index in [0.29, 0.717) is 6.54 Å². The molecule has 0 saturated heterocycles. The Balaban J connectivity index is 1.29. The molecule has 0 radical (unpaired) electrons. The lowest BCUT2D eigenvalue weighted by molar-refractivity contribution is -0.127. The van der Waals surface area contributed by atoms with Gasteiger partial charge in [0, 0.05) is 17.8 Å². The number of hydrogen-bond donors (Lipinski definition) is 1. The van der Waals surface area contributed by atoms with E-state index in [9.17, 15) is 4.79 Å². The summed E-state index contributed by atoms with van der Waals surface area (Å²) < 4.78 is 5.43. The summed E-state index contributed by atoms with van der Waals surface area (Å²) >= 11 is 0. The normalized spacial score (nSPS) is 31.6. The van der Waals surface area contributed by atoms with Crippen LogP contribution in [-0.4, -0.2) is 30.0 Å². The van der Waals surface area contributed by atoms with Crippen LogP contribution in [0.2, 0.25) is 0 Å². The van der Waals surface area contributed by atoms with Gasteiger partial charge in [-0.3, -0.25) is 4.79 Å². The SMILES string of the molecule is C#CC(=O)N1CCc2cc(OC)ccc2[C@@H]1c1ccc(NC23CC4CC(CC(C4)C2)C3)cc1. The highest BCUT2D eigenvalue weighted by atomic mass is 16.5. The standard InChI is InChI=1S/C29H32N2O2/c1-3-27(32)31-11-10-23-15-25(33-2)8-9-26(23)28(31)22-4-6-24(7-5-22)30-29-16-19-12-20(17-29)14-21(13-19)18-29/h1,4-9,15,19-21,28,30H,10-14,16-18H2,2H3/t19?,20?,21?,28-,29?/m0/s1. The van der Waals surface area contributed by atoms with Crippen LogP contribution in [0.1, 0.15) is 61.3 Å². The van der Waals surface area contributed by atoms with Crippen LogP contribution >= 0.6 is 0 Å². The number of rotatable bonds is 4. The molecule has 1 heterocycles. The molecule has 1 N–H and O–H groups in total. The third-order valence-corrected chi connectivity index (χ3v) is 8.64. The number of benzene rings is 2. The summed E-state index contributed by atoms with van der Waals surface area (Å²) in [5.74, 6) is 5.68. The minimum absolute atomic E-state index is 0.170. The molecule has 4 fully saturated rings. The second kappa shape index (κ2) is 7.83. The zero-order valence-electron chi connectivity index (χ0n) is 19.3. The van der Waals surface area contributed by atoms with Crippen molar-refractivity contribution in [1.82, 2.24) is 4.90 Å². The summed E-state index contributed by atoms with van der Waals surface area (Å²) in [4.78, 5) is 14.4. The van der Waals surface area contributed by atoms with Crippen LogP contribution in [0.3, 0.4) is 0 Å². The van der Waals surface area contributed by atoms with E-state index >= 15 is 0 Å². The number of anilines is 1. The van der Waals surface area contributed by atoms with Crippen molar-refractivity contribution in [3.63, 3.8) is 0 Å². The Morgan fingerprint density at radius 1 is 1.06 bits per heavy atom. The number of fused-ring (bicyclic) bond motifs is 1. The smallest absolute Gasteiger partial charge is 0.298 e. The third kappa shape index (κ3) is 3.59. The molecule has 4 heteroatoms. The van der Waals surface area contributed by atoms with E-state index in [1.165, 1.54) is 49.8 Å². The van der Waals surface area contributed by atoms with Crippen molar-refractivity contribution >= 4 is 11.6 Å². The molecule has 5 aliphatic rings. The minimum Gasteiger partial charge on any atom is -0.497 e. The Labute approximate surface area is 196 Å². The molecule has 1 amide bonds. The minimum atomic E-state index is -0.253. The van der Waals surface area contributed by atoms with Crippen molar-refractivity contribution in [3.8, 4) is 18.1 Å². The Kier molecular flexibility index (Phi) is 4.91. The Bertz CT molecular complexity index is 1080. The van der Waals surface area contributed by atoms with Gasteiger partial charge in [0.2, 0.25) is 0 Å². The molecule has 1 aliphatic heterocycles. The average molecular weight is 441 g/mol. The van der Waals surface area contributed by atoms with Crippen molar-refractivity contribution in [2.45, 2.75) is 56.5 Å². The number of nitrogens with zero attached hydrogens (tertiary/aromatic N) is 1. The quantitative estimate of drug-likeness (QED) is 0.666. The second-order valence-corrected chi connectivity index (χ2v) is 10.8. The first-order valence-corrected chi connectivity index (χ1v) is 12.4.